The Morgan fingerprint density at radius 3 is 2.30 bits per heavy atom. The number of halogens is 4. The Morgan fingerprint density at radius 2 is 1.63 bits per heavy atom. The lowest BCUT2D eigenvalue weighted by Crippen LogP contribution is -2.25. The smallest absolute Gasteiger partial charge is 0.308 e. The number of hydrogen-bond acceptors (Lipinski definition) is 7. The molecule has 1 saturated carbocycles. The third kappa shape index (κ3) is 6.90. The molecule has 4 aromatic rings. The van der Waals surface area contributed by atoms with E-state index in [9.17, 15) is 23.2 Å². The van der Waals surface area contributed by atoms with Crippen LogP contribution in [0.2, 0.25) is 0 Å². The third-order valence-corrected chi connectivity index (χ3v) is 7.76. The molecule has 8 nitrogen and oxygen atoms in total. The number of ether oxygens (including phenoxy) is 2. The first kappa shape index (κ1) is 32.3. The highest BCUT2D eigenvalue weighted by Gasteiger charge is 2.24. The second kappa shape index (κ2) is 13.9. The summed E-state index contributed by atoms with van der Waals surface area (Å²) in [6.07, 6.45) is 4.75. The number of aromatic nitrogens is 1. The number of anilines is 2. The molecule has 1 fully saturated rings. The Morgan fingerprint density at radius 1 is 0.935 bits per heavy atom. The van der Waals surface area contributed by atoms with Crippen molar-refractivity contribution >= 4 is 23.3 Å². The van der Waals surface area contributed by atoms with Gasteiger partial charge in [0.1, 0.15) is 28.9 Å². The number of esters is 1. The summed E-state index contributed by atoms with van der Waals surface area (Å²) in [6, 6.07) is 11.5. The molecule has 0 atom stereocenters. The maximum atomic E-state index is 15.3. The first-order chi connectivity index (χ1) is 22.0. The van der Waals surface area contributed by atoms with Crippen LogP contribution in [0.25, 0.3) is 5.69 Å². The molecule has 12 heteroatoms. The molecule has 0 bridgehead atoms. The number of para-hydroxylation sites is 1. The van der Waals surface area contributed by atoms with E-state index in [1.165, 1.54) is 6.92 Å². The van der Waals surface area contributed by atoms with Gasteiger partial charge in [-0.05, 0) is 55.0 Å². The normalized spacial score (nSPS) is 13.1. The summed E-state index contributed by atoms with van der Waals surface area (Å²) in [4.78, 5) is 37.3. The van der Waals surface area contributed by atoms with Crippen LogP contribution in [-0.2, 0) is 4.79 Å². The number of pyridine rings is 1. The molecule has 0 radical (unpaired) electrons. The Labute approximate surface area is 261 Å². The number of nitrogens with two attached hydrogens (primary N) is 1. The van der Waals surface area contributed by atoms with Crippen LogP contribution in [-0.4, -0.2) is 29.5 Å². The van der Waals surface area contributed by atoms with Crippen LogP contribution in [0, 0.1) is 23.3 Å². The summed E-state index contributed by atoms with van der Waals surface area (Å²) in [5.41, 5.74) is 5.05. The predicted octanol–water partition coefficient (Wildman–Crippen LogP) is 6.67. The van der Waals surface area contributed by atoms with Gasteiger partial charge in [-0.25, -0.2) is 17.6 Å². The molecule has 5 rings (SSSR count). The van der Waals surface area contributed by atoms with E-state index in [1.54, 1.807) is 6.07 Å². The van der Waals surface area contributed by atoms with Crippen molar-refractivity contribution < 1.29 is 36.6 Å². The van der Waals surface area contributed by atoms with Crippen LogP contribution in [0.1, 0.15) is 66.4 Å². The summed E-state index contributed by atoms with van der Waals surface area (Å²) in [5.74, 6) is -5.93. The largest absolute Gasteiger partial charge is 0.493 e. The van der Waals surface area contributed by atoms with Crippen molar-refractivity contribution in [3.05, 3.63) is 111 Å². The number of hydrogen-bond donors (Lipinski definition) is 2. The van der Waals surface area contributed by atoms with Crippen molar-refractivity contribution in [2.24, 2.45) is 0 Å². The molecule has 0 unspecified atom stereocenters. The first-order valence-electron chi connectivity index (χ1n) is 14.7. The van der Waals surface area contributed by atoms with Gasteiger partial charge in [-0.1, -0.05) is 25.0 Å². The molecule has 3 aromatic carbocycles. The van der Waals surface area contributed by atoms with E-state index in [1.807, 2.05) is 12.1 Å². The van der Waals surface area contributed by atoms with E-state index in [-0.39, 0.29) is 12.4 Å². The summed E-state index contributed by atoms with van der Waals surface area (Å²) >= 11 is 0. The molecule has 0 saturated heterocycles. The van der Waals surface area contributed by atoms with Gasteiger partial charge in [-0.15, -0.1) is 0 Å². The van der Waals surface area contributed by atoms with Gasteiger partial charge in [0.2, 0.25) is 0 Å². The minimum Gasteiger partial charge on any atom is -0.493 e. The fourth-order valence-electron chi connectivity index (χ4n) is 5.66. The first-order valence-corrected chi connectivity index (χ1v) is 14.7. The molecule has 46 heavy (non-hydrogen) atoms. The van der Waals surface area contributed by atoms with Crippen molar-refractivity contribution in [1.29, 1.82) is 0 Å². The molecule has 0 aliphatic heterocycles. The van der Waals surface area contributed by atoms with Crippen molar-refractivity contribution in [3.63, 3.8) is 0 Å². The Hall–Kier alpha value is -5.13. The van der Waals surface area contributed by atoms with Crippen molar-refractivity contribution in [2.45, 2.75) is 44.9 Å². The summed E-state index contributed by atoms with van der Waals surface area (Å²) in [5, 5.41) is 3.32. The quantitative estimate of drug-likeness (QED) is 0.0621. The molecule has 1 aromatic heterocycles. The number of benzene rings is 3. The molecule has 3 N–H and O–H groups in total. The molecule has 1 aliphatic rings. The number of ketones is 1. The fraction of sp³-hybridized carbons (Fsp3) is 0.265. The highest BCUT2D eigenvalue weighted by Crippen LogP contribution is 2.41. The highest BCUT2D eigenvalue weighted by atomic mass is 19.1. The van der Waals surface area contributed by atoms with Crippen LogP contribution in [0.5, 0.6) is 11.5 Å². The lowest BCUT2D eigenvalue weighted by Gasteiger charge is -2.20. The van der Waals surface area contributed by atoms with Crippen molar-refractivity contribution in [2.75, 3.05) is 24.2 Å². The minimum atomic E-state index is -1.20. The van der Waals surface area contributed by atoms with Gasteiger partial charge in [-0.3, -0.25) is 19.0 Å². The van der Waals surface area contributed by atoms with Crippen molar-refractivity contribution in [1.82, 2.24) is 4.57 Å². The number of rotatable bonds is 11. The Kier molecular flexibility index (Phi) is 9.74. The zero-order chi connectivity index (χ0) is 33.0. The van der Waals surface area contributed by atoms with Crippen LogP contribution in [0.15, 0.2) is 65.5 Å². The van der Waals surface area contributed by atoms with Gasteiger partial charge >= 0.3 is 5.97 Å². The number of nitrogen functional groups attached to an aromatic ring is 1. The summed E-state index contributed by atoms with van der Waals surface area (Å²) in [6.45, 7) is 1.80. The van der Waals surface area contributed by atoms with Gasteiger partial charge in [0.15, 0.2) is 23.2 Å². The van der Waals surface area contributed by atoms with Gasteiger partial charge in [0, 0.05) is 37.7 Å². The molecule has 1 aliphatic carbocycles. The maximum Gasteiger partial charge on any atom is 0.308 e. The SMILES string of the molecule is CC(=O)Oc1cccc(C2CCCC2)c1NCCCOc1cc(F)c(-n2c(N)c(C(=O)c3ccc(F)cc3F)ccc2=O)c(F)c1. The van der Waals surface area contributed by atoms with Crippen molar-refractivity contribution in [3.8, 4) is 17.2 Å². The van der Waals surface area contributed by atoms with Crippen LogP contribution >= 0.6 is 0 Å². The average Bonchev–Trinajstić information content (AvgIpc) is 3.53. The number of carbonyl (C=O) groups is 2. The molecule has 240 valence electrons. The average molecular weight is 638 g/mol. The number of nitrogens with one attached hydrogen (secondary N) is 1. The Balaban J connectivity index is 1.29. The zero-order valence-electron chi connectivity index (χ0n) is 24.9. The van der Waals surface area contributed by atoms with Gasteiger partial charge < -0.3 is 20.5 Å². The van der Waals surface area contributed by atoms with E-state index in [0.29, 0.717) is 35.3 Å². The predicted molar refractivity (Wildman–Crippen MR) is 164 cm³/mol. The second-order valence-corrected chi connectivity index (χ2v) is 10.9. The third-order valence-electron chi connectivity index (χ3n) is 7.76. The topological polar surface area (TPSA) is 113 Å². The van der Waals surface area contributed by atoms with E-state index >= 15 is 8.78 Å². The molecule has 0 spiro atoms. The van der Waals surface area contributed by atoms with Gasteiger partial charge in [-0.2, -0.15) is 0 Å². The standard InChI is InChI=1S/C34H31F4N3O5/c1-19(42)46-29-9-4-8-23(20-6-2-3-7-20)31(29)40-14-5-15-45-22-17-27(37)32(28(38)18-22)41-30(43)13-12-25(34(41)39)33(44)24-11-10-21(35)16-26(24)36/h4,8-13,16-18,20,40H,2-3,5-7,14-15,39H2,1H3. The van der Waals surface area contributed by atoms with Crippen LogP contribution in [0.3, 0.4) is 0 Å². The van der Waals surface area contributed by atoms with Gasteiger partial charge in [0.25, 0.3) is 5.56 Å². The molecule has 0 amide bonds. The lowest BCUT2D eigenvalue weighted by atomic mass is 9.95. The summed E-state index contributed by atoms with van der Waals surface area (Å²) in [7, 11) is 0. The van der Waals surface area contributed by atoms with Crippen LogP contribution < -0.4 is 26.1 Å². The zero-order valence-corrected chi connectivity index (χ0v) is 24.9. The van der Waals surface area contributed by atoms with Crippen LogP contribution in [0.4, 0.5) is 29.1 Å². The number of carbonyl (C=O) groups excluding carboxylic acids is 2. The minimum absolute atomic E-state index is 0.0645. The van der Waals surface area contributed by atoms with E-state index in [0.717, 1.165) is 73.3 Å². The van der Waals surface area contributed by atoms with E-state index in [4.69, 9.17) is 15.2 Å². The number of nitrogens with zero attached hydrogens (tertiary/aromatic N) is 1. The maximum absolute atomic E-state index is 15.3. The molecular weight excluding hydrogens is 606 g/mol. The second-order valence-electron chi connectivity index (χ2n) is 10.9. The Bertz CT molecular complexity index is 1830. The summed E-state index contributed by atoms with van der Waals surface area (Å²) < 4.78 is 69.6. The lowest BCUT2D eigenvalue weighted by molar-refractivity contribution is -0.131. The van der Waals surface area contributed by atoms with E-state index < -0.39 is 63.2 Å². The monoisotopic (exact) mass is 637 g/mol. The molecule has 1 heterocycles. The highest BCUT2D eigenvalue weighted by molar-refractivity contribution is 6.11. The van der Waals surface area contributed by atoms with E-state index in [2.05, 4.69) is 5.32 Å². The fourth-order valence-corrected chi connectivity index (χ4v) is 5.66. The van der Waals surface area contributed by atoms with Gasteiger partial charge in [0.05, 0.1) is 23.4 Å². The molecular formula is C34H31F4N3O5.